The number of imidazole rings is 1. The number of ketones is 1. The predicted molar refractivity (Wildman–Crippen MR) is 160 cm³/mol. The van der Waals surface area contributed by atoms with Gasteiger partial charge in [-0.2, -0.15) is 0 Å². The molecule has 0 saturated heterocycles. The molecule has 1 aromatic heterocycles. The highest BCUT2D eigenvalue weighted by molar-refractivity contribution is 7.98. The first-order valence-corrected chi connectivity index (χ1v) is 15.0. The molecule has 2 atom stereocenters. The number of amides is 1. The molecular weight excluding hydrogens is 534 g/mol. The van der Waals surface area contributed by atoms with Gasteiger partial charge < -0.3 is 19.7 Å². The number of thioether (sulfide) groups is 1. The second-order valence-corrected chi connectivity index (χ2v) is 11.2. The van der Waals surface area contributed by atoms with E-state index in [0.717, 1.165) is 45.7 Å². The number of carbonyl (C=O) groups is 2. The van der Waals surface area contributed by atoms with E-state index in [1.807, 2.05) is 66.2 Å². The lowest BCUT2D eigenvalue weighted by atomic mass is 9.87. The average molecular weight is 570 g/mol. The van der Waals surface area contributed by atoms with Gasteiger partial charge in [0.25, 0.3) is 5.91 Å². The maximum absolute atomic E-state index is 12.8. The van der Waals surface area contributed by atoms with Crippen molar-refractivity contribution < 1.29 is 19.4 Å². The minimum absolute atomic E-state index is 0.0951. The number of rotatable bonds is 12. The number of aromatic nitrogens is 2. The molecule has 0 bridgehead atoms. The molecule has 0 aliphatic heterocycles. The van der Waals surface area contributed by atoms with Crippen LogP contribution in [0.1, 0.15) is 69.7 Å². The molecule has 8 heteroatoms. The lowest BCUT2D eigenvalue weighted by Crippen LogP contribution is -2.36. The van der Waals surface area contributed by atoms with E-state index < -0.39 is 0 Å². The van der Waals surface area contributed by atoms with Gasteiger partial charge in [0.2, 0.25) is 0 Å². The number of benzene rings is 3. The molecule has 212 valence electrons. The first kappa shape index (κ1) is 28.6. The highest BCUT2D eigenvalue weighted by Gasteiger charge is 2.25. The summed E-state index contributed by atoms with van der Waals surface area (Å²) in [4.78, 5) is 30.7. The Morgan fingerprint density at radius 1 is 1.12 bits per heavy atom. The standard InChI is InChI=1S/C33H35N3O4S/c1-2-25(20-37)35-33(39)24-10-6-11-26(18-24)41-21-29-27-12-7-13-30(38)28(27)14-15-31(29)40-32(19-36-17-16-34-22-36)23-8-4-3-5-9-23/h3-6,8-11,14-18,22,25,32,37H,2,7,12-13,19-21H2,1H3,(H,35,39). The summed E-state index contributed by atoms with van der Waals surface area (Å²) < 4.78 is 8.77. The van der Waals surface area contributed by atoms with E-state index in [1.165, 1.54) is 0 Å². The summed E-state index contributed by atoms with van der Waals surface area (Å²) >= 11 is 1.62. The maximum atomic E-state index is 12.8. The van der Waals surface area contributed by atoms with Crippen molar-refractivity contribution in [3.05, 3.63) is 113 Å². The van der Waals surface area contributed by atoms with Gasteiger partial charge >= 0.3 is 0 Å². The van der Waals surface area contributed by atoms with Crippen molar-refractivity contribution in [3.63, 3.8) is 0 Å². The zero-order valence-electron chi connectivity index (χ0n) is 23.2. The zero-order chi connectivity index (χ0) is 28.6. The van der Waals surface area contributed by atoms with Crippen LogP contribution in [0, 0.1) is 0 Å². The van der Waals surface area contributed by atoms with Crippen LogP contribution < -0.4 is 10.1 Å². The third kappa shape index (κ3) is 7.07. The Bertz CT molecular complexity index is 1470. The van der Waals surface area contributed by atoms with Crippen LogP contribution in [0.3, 0.4) is 0 Å². The summed E-state index contributed by atoms with van der Waals surface area (Å²) in [5.41, 5.74) is 4.47. The molecule has 3 aromatic carbocycles. The number of nitrogens with zero attached hydrogens (tertiary/aromatic N) is 2. The molecule has 5 rings (SSSR count). The van der Waals surface area contributed by atoms with Gasteiger partial charge in [-0.25, -0.2) is 4.98 Å². The Balaban J connectivity index is 1.43. The Morgan fingerprint density at radius 3 is 2.73 bits per heavy atom. The lowest BCUT2D eigenvalue weighted by Gasteiger charge is -2.25. The molecule has 1 aliphatic carbocycles. The molecule has 1 amide bonds. The van der Waals surface area contributed by atoms with Gasteiger partial charge in [-0.1, -0.05) is 43.3 Å². The molecule has 0 saturated carbocycles. The van der Waals surface area contributed by atoms with Gasteiger partial charge in [0, 0.05) is 46.2 Å². The molecular formula is C33H35N3O4S. The van der Waals surface area contributed by atoms with Gasteiger partial charge in [-0.05, 0) is 60.7 Å². The highest BCUT2D eigenvalue weighted by Crippen LogP contribution is 2.38. The fourth-order valence-corrected chi connectivity index (χ4v) is 6.11. The molecule has 2 unspecified atom stereocenters. The molecule has 2 N–H and O–H groups in total. The van der Waals surface area contributed by atoms with Crippen LogP contribution in [0.25, 0.3) is 0 Å². The number of hydrogen-bond donors (Lipinski definition) is 2. The van der Waals surface area contributed by atoms with Crippen LogP contribution in [0.2, 0.25) is 0 Å². The van der Waals surface area contributed by atoms with Gasteiger partial charge in [0.05, 0.1) is 25.5 Å². The summed E-state index contributed by atoms with van der Waals surface area (Å²) in [7, 11) is 0. The topological polar surface area (TPSA) is 93.4 Å². The monoisotopic (exact) mass is 569 g/mol. The van der Waals surface area contributed by atoms with Crippen molar-refractivity contribution >= 4 is 23.5 Å². The van der Waals surface area contributed by atoms with Crippen molar-refractivity contribution in [2.75, 3.05) is 6.61 Å². The maximum Gasteiger partial charge on any atom is 0.251 e. The second-order valence-electron chi connectivity index (χ2n) is 10.2. The third-order valence-corrected chi connectivity index (χ3v) is 8.44. The van der Waals surface area contributed by atoms with Crippen LogP contribution in [0.4, 0.5) is 0 Å². The first-order chi connectivity index (χ1) is 20.1. The SMILES string of the molecule is CCC(CO)NC(=O)c1cccc(SCc2c(OC(Cn3ccnc3)c3ccccc3)ccc3c2CCCC3=O)c1. The summed E-state index contributed by atoms with van der Waals surface area (Å²) in [5, 5.41) is 12.4. The molecule has 1 heterocycles. The summed E-state index contributed by atoms with van der Waals surface area (Å²) in [6.07, 6.45) is 8.09. The molecule has 4 aromatic rings. The fourth-order valence-electron chi connectivity index (χ4n) is 5.09. The number of carbonyl (C=O) groups excluding carboxylic acids is 2. The van der Waals surface area contributed by atoms with E-state index >= 15 is 0 Å². The Kier molecular flexibility index (Phi) is 9.54. The number of aliphatic hydroxyl groups is 1. The summed E-state index contributed by atoms with van der Waals surface area (Å²) in [5.74, 6) is 1.33. The largest absolute Gasteiger partial charge is 0.484 e. The number of aliphatic hydroxyl groups excluding tert-OH is 1. The smallest absolute Gasteiger partial charge is 0.251 e. The Hall–Kier alpha value is -3.88. The van der Waals surface area contributed by atoms with Crippen molar-refractivity contribution in [2.24, 2.45) is 0 Å². The van der Waals surface area contributed by atoms with Crippen molar-refractivity contribution in [3.8, 4) is 5.75 Å². The first-order valence-electron chi connectivity index (χ1n) is 14.1. The van der Waals surface area contributed by atoms with Crippen LogP contribution in [-0.2, 0) is 18.7 Å². The van der Waals surface area contributed by atoms with E-state index in [-0.39, 0.29) is 30.4 Å². The molecule has 0 spiro atoms. The van der Waals surface area contributed by atoms with E-state index in [9.17, 15) is 14.7 Å². The van der Waals surface area contributed by atoms with Crippen molar-refractivity contribution in [2.45, 2.75) is 61.9 Å². The minimum atomic E-state index is -0.272. The summed E-state index contributed by atoms with van der Waals surface area (Å²) in [6.45, 7) is 2.43. The van der Waals surface area contributed by atoms with Gasteiger partial charge in [0.15, 0.2) is 5.78 Å². The van der Waals surface area contributed by atoms with Gasteiger partial charge in [-0.3, -0.25) is 9.59 Å². The third-order valence-electron chi connectivity index (χ3n) is 7.42. The number of nitrogens with one attached hydrogen (secondary N) is 1. The fraction of sp³-hybridized carbons (Fsp3) is 0.303. The Labute approximate surface area is 245 Å². The van der Waals surface area contributed by atoms with Crippen LogP contribution >= 0.6 is 11.8 Å². The molecule has 41 heavy (non-hydrogen) atoms. The van der Waals surface area contributed by atoms with E-state index in [2.05, 4.69) is 22.4 Å². The Morgan fingerprint density at radius 2 is 1.98 bits per heavy atom. The normalized spacial score (nSPS) is 14.2. The van der Waals surface area contributed by atoms with Crippen LogP contribution in [-0.4, -0.2) is 39.0 Å². The predicted octanol–water partition coefficient (Wildman–Crippen LogP) is 6.02. The van der Waals surface area contributed by atoms with Crippen molar-refractivity contribution in [1.82, 2.24) is 14.9 Å². The van der Waals surface area contributed by atoms with Gasteiger partial charge in [0.1, 0.15) is 11.9 Å². The number of ether oxygens (including phenoxy) is 1. The number of Topliss-reactive ketones (excluding diaryl/α,β-unsaturated/α-hetero) is 1. The van der Waals surface area contributed by atoms with E-state index in [1.54, 1.807) is 30.4 Å². The zero-order valence-corrected chi connectivity index (χ0v) is 24.0. The van der Waals surface area contributed by atoms with E-state index in [0.29, 0.717) is 30.7 Å². The average Bonchev–Trinajstić information content (AvgIpc) is 3.52. The van der Waals surface area contributed by atoms with Crippen molar-refractivity contribution in [1.29, 1.82) is 0 Å². The lowest BCUT2D eigenvalue weighted by molar-refractivity contribution is 0.0913. The highest BCUT2D eigenvalue weighted by atomic mass is 32.2. The van der Waals surface area contributed by atoms with Crippen LogP contribution in [0.15, 0.2) is 90.3 Å². The van der Waals surface area contributed by atoms with Gasteiger partial charge in [-0.15, -0.1) is 11.8 Å². The second kappa shape index (κ2) is 13.7. The molecule has 7 nitrogen and oxygen atoms in total. The minimum Gasteiger partial charge on any atom is -0.484 e. The summed E-state index contributed by atoms with van der Waals surface area (Å²) in [6, 6.07) is 21.2. The molecule has 1 aliphatic rings. The quantitative estimate of drug-likeness (QED) is 0.203. The number of hydrogen-bond acceptors (Lipinski definition) is 6. The molecule has 0 radical (unpaired) electrons. The number of fused-ring (bicyclic) bond motifs is 1. The van der Waals surface area contributed by atoms with E-state index in [4.69, 9.17) is 4.74 Å². The van der Waals surface area contributed by atoms with Crippen LogP contribution in [0.5, 0.6) is 5.75 Å². The molecule has 0 fully saturated rings.